The summed E-state index contributed by atoms with van der Waals surface area (Å²) in [4.78, 5) is 14.1. The van der Waals surface area contributed by atoms with Gasteiger partial charge in [-0.25, -0.2) is 0 Å². The highest BCUT2D eigenvalue weighted by molar-refractivity contribution is 7.80. The lowest BCUT2D eigenvalue weighted by molar-refractivity contribution is 0.0389. The van der Waals surface area contributed by atoms with E-state index in [1.807, 2.05) is 0 Å². The molecule has 1 fully saturated rings. The van der Waals surface area contributed by atoms with Crippen LogP contribution in [0.2, 0.25) is 0 Å². The third-order valence-corrected chi connectivity index (χ3v) is 3.46. The van der Waals surface area contributed by atoms with Crippen LogP contribution >= 0.6 is 12.2 Å². The number of nitrogens with one attached hydrogen (secondary N) is 3. The maximum atomic E-state index is 11.8. The second-order valence-corrected chi connectivity index (χ2v) is 5.25. The number of carbonyl (C=O) groups excluding carboxylic acids is 1. The van der Waals surface area contributed by atoms with Gasteiger partial charge < -0.3 is 15.2 Å². The lowest BCUT2D eigenvalue weighted by atomic mass is 10.2. The van der Waals surface area contributed by atoms with E-state index >= 15 is 0 Å². The van der Waals surface area contributed by atoms with Crippen molar-refractivity contribution in [3.63, 3.8) is 0 Å². The lowest BCUT2D eigenvalue weighted by Gasteiger charge is -2.26. The number of hydrazine groups is 1. The molecule has 4 N–H and O–H groups in total. The Balaban J connectivity index is 1.63. The highest BCUT2D eigenvalue weighted by Gasteiger charge is 2.10. The van der Waals surface area contributed by atoms with Gasteiger partial charge in [0.05, 0.1) is 13.2 Å². The number of hydrogen-bond acceptors (Lipinski definition) is 5. The van der Waals surface area contributed by atoms with E-state index in [0.717, 1.165) is 32.8 Å². The number of rotatable bonds is 4. The smallest absolute Gasteiger partial charge is 0.269 e. The fourth-order valence-corrected chi connectivity index (χ4v) is 2.18. The average molecular weight is 324 g/mol. The summed E-state index contributed by atoms with van der Waals surface area (Å²) in [6, 6.07) is 6.09. The van der Waals surface area contributed by atoms with Gasteiger partial charge in [0.1, 0.15) is 5.75 Å². The summed E-state index contributed by atoms with van der Waals surface area (Å²) >= 11 is 5.09. The van der Waals surface area contributed by atoms with Crippen LogP contribution in [0, 0.1) is 0 Å². The average Bonchev–Trinajstić information content (AvgIpc) is 2.53. The fourth-order valence-electron chi connectivity index (χ4n) is 2.03. The maximum Gasteiger partial charge on any atom is 0.269 e. The first-order valence-electron chi connectivity index (χ1n) is 7.08. The molecule has 1 amide bonds. The van der Waals surface area contributed by atoms with Gasteiger partial charge in [0.25, 0.3) is 5.91 Å². The Morgan fingerprint density at radius 3 is 2.82 bits per heavy atom. The number of aromatic hydroxyl groups is 1. The standard InChI is InChI=1S/C14H20N4O3S/c19-12-3-1-2-11(10-12)13(20)16-17-14(22)15-4-5-18-6-8-21-9-7-18/h1-3,10,19H,4-9H2,(H,16,20)(H2,15,17,22). The van der Waals surface area contributed by atoms with E-state index in [4.69, 9.17) is 17.0 Å². The molecule has 0 bridgehead atoms. The van der Waals surface area contributed by atoms with Crippen molar-refractivity contribution < 1.29 is 14.6 Å². The monoisotopic (exact) mass is 324 g/mol. The number of phenols is 1. The number of phenolic OH excluding ortho intramolecular Hbond substituents is 1. The van der Waals surface area contributed by atoms with Gasteiger partial charge in [0.15, 0.2) is 5.11 Å². The fraction of sp³-hybridized carbons (Fsp3) is 0.429. The van der Waals surface area contributed by atoms with Crippen LogP contribution < -0.4 is 16.2 Å². The zero-order chi connectivity index (χ0) is 15.8. The van der Waals surface area contributed by atoms with Crippen molar-refractivity contribution in [3.8, 4) is 5.75 Å². The molecule has 1 aromatic rings. The SMILES string of the molecule is O=C(NNC(=S)NCCN1CCOCC1)c1cccc(O)c1. The van der Waals surface area contributed by atoms with Gasteiger partial charge in [-0.2, -0.15) is 0 Å². The number of ether oxygens (including phenoxy) is 1. The molecule has 1 aromatic carbocycles. The molecule has 1 aliphatic rings. The van der Waals surface area contributed by atoms with Gasteiger partial charge in [-0.15, -0.1) is 0 Å². The molecule has 2 rings (SSSR count). The molecule has 0 unspecified atom stereocenters. The predicted octanol–water partition coefficient (Wildman–Crippen LogP) is -0.167. The molecular weight excluding hydrogens is 304 g/mol. The third-order valence-electron chi connectivity index (χ3n) is 3.22. The van der Waals surface area contributed by atoms with Crippen molar-refractivity contribution in [1.82, 2.24) is 21.1 Å². The molecule has 1 saturated heterocycles. The van der Waals surface area contributed by atoms with E-state index in [9.17, 15) is 9.90 Å². The Morgan fingerprint density at radius 1 is 1.32 bits per heavy atom. The molecule has 22 heavy (non-hydrogen) atoms. The number of nitrogens with zero attached hydrogens (tertiary/aromatic N) is 1. The van der Waals surface area contributed by atoms with Crippen LogP contribution in [0.25, 0.3) is 0 Å². The first-order chi connectivity index (χ1) is 10.6. The second kappa shape index (κ2) is 8.52. The minimum Gasteiger partial charge on any atom is -0.508 e. The Labute approximate surface area is 134 Å². The quantitative estimate of drug-likeness (QED) is 0.452. The van der Waals surface area contributed by atoms with Crippen molar-refractivity contribution in [2.24, 2.45) is 0 Å². The largest absolute Gasteiger partial charge is 0.508 e. The maximum absolute atomic E-state index is 11.8. The zero-order valence-electron chi connectivity index (χ0n) is 12.2. The van der Waals surface area contributed by atoms with Gasteiger partial charge in [-0.1, -0.05) is 6.07 Å². The highest BCUT2D eigenvalue weighted by atomic mass is 32.1. The normalized spacial score (nSPS) is 15.1. The number of thiocarbonyl (C=S) groups is 1. The van der Waals surface area contributed by atoms with E-state index < -0.39 is 0 Å². The molecule has 0 saturated carbocycles. The minimum atomic E-state index is -0.367. The Hall–Kier alpha value is -1.90. The number of benzene rings is 1. The summed E-state index contributed by atoms with van der Waals surface area (Å²) in [6.07, 6.45) is 0. The summed E-state index contributed by atoms with van der Waals surface area (Å²) in [5.41, 5.74) is 5.46. The van der Waals surface area contributed by atoms with E-state index in [-0.39, 0.29) is 11.7 Å². The van der Waals surface area contributed by atoms with Crippen LogP contribution in [0.4, 0.5) is 0 Å². The topological polar surface area (TPSA) is 85.9 Å². The molecule has 1 heterocycles. The van der Waals surface area contributed by atoms with Crippen LogP contribution in [-0.4, -0.2) is 60.4 Å². The van der Waals surface area contributed by atoms with E-state index in [1.54, 1.807) is 12.1 Å². The zero-order valence-corrected chi connectivity index (χ0v) is 13.0. The molecule has 0 aliphatic carbocycles. The molecule has 120 valence electrons. The highest BCUT2D eigenvalue weighted by Crippen LogP contribution is 2.10. The molecule has 0 atom stereocenters. The second-order valence-electron chi connectivity index (χ2n) is 4.84. The van der Waals surface area contributed by atoms with Gasteiger partial charge in [0, 0.05) is 31.7 Å². The molecule has 0 radical (unpaired) electrons. The summed E-state index contributed by atoms with van der Waals surface area (Å²) < 4.78 is 5.28. The van der Waals surface area contributed by atoms with E-state index in [0.29, 0.717) is 17.2 Å². The van der Waals surface area contributed by atoms with Crippen molar-refractivity contribution in [1.29, 1.82) is 0 Å². The number of hydrogen-bond donors (Lipinski definition) is 4. The summed E-state index contributed by atoms with van der Waals surface area (Å²) in [7, 11) is 0. The Morgan fingerprint density at radius 2 is 2.09 bits per heavy atom. The van der Waals surface area contributed by atoms with Crippen molar-refractivity contribution in [3.05, 3.63) is 29.8 Å². The summed E-state index contributed by atoms with van der Waals surface area (Å²) in [6.45, 7) is 4.94. The number of amides is 1. The van der Waals surface area contributed by atoms with E-state index in [1.165, 1.54) is 12.1 Å². The van der Waals surface area contributed by atoms with Crippen molar-refractivity contribution in [2.75, 3.05) is 39.4 Å². The van der Waals surface area contributed by atoms with E-state index in [2.05, 4.69) is 21.1 Å². The van der Waals surface area contributed by atoms with Crippen LogP contribution in [0.5, 0.6) is 5.75 Å². The first kappa shape index (κ1) is 16.5. The van der Waals surface area contributed by atoms with Gasteiger partial charge in [0.2, 0.25) is 0 Å². The molecule has 0 spiro atoms. The number of carbonyl (C=O) groups is 1. The third kappa shape index (κ3) is 5.47. The molecule has 0 aromatic heterocycles. The van der Waals surface area contributed by atoms with Crippen molar-refractivity contribution in [2.45, 2.75) is 0 Å². The summed E-state index contributed by atoms with van der Waals surface area (Å²) in [5, 5.41) is 12.7. The number of morpholine rings is 1. The lowest BCUT2D eigenvalue weighted by Crippen LogP contribution is -2.49. The summed E-state index contributed by atoms with van der Waals surface area (Å²) in [5.74, 6) is -0.327. The van der Waals surface area contributed by atoms with Gasteiger partial charge in [-0.05, 0) is 30.4 Å². The minimum absolute atomic E-state index is 0.0406. The van der Waals surface area contributed by atoms with Crippen molar-refractivity contribution >= 4 is 23.2 Å². The molecule has 8 heteroatoms. The first-order valence-corrected chi connectivity index (χ1v) is 7.49. The molecular formula is C14H20N4O3S. The van der Waals surface area contributed by atoms with Crippen LogP contribution in [0.15, 0.2) is 24.3 Å². The van der Waals surface area contributed by atoms with Gasteiger partial charge >= 0.3 is 0 Å². The predicted molar refractivity (Wildman–Crippen MR) is 86.6 cm³/mol. The van der Waals surface area contributed by atoms with Gasteiger partial charge in [-0.3, -0.25) is 20.5 Å². The Bertz CT molecular complexity index is 521. The Kier molecular flexibility index (Phi) is 6.38. The van der Waals surface area contributed by atoms with Crippen LogP contribution in [0.3, 0.4) is 0 Å². The molecule has 1 aliphatic heterocycles. The van der Waals surface area contributed by atoms with Crippen LogP contribution in [-0.2, 0) is 4.74 Å². The van der Waals surface area contributed by atoms with Crippen LogP contribution in [0.1, 0.15) is 10.4 Å². The molecule has 7 nitrogen and oxygen atoms in total.